The minimum absolute atomic E-state index is 0.0546. The molecule has 2 aromatic carbocycles. The van der Waals surface area contributed by atoms with Crippen molar-refractivity contribution in [2.24, 2.45) is 4.99 Å². The number of nitrogens with one attached hydrogen (secondary N) is 1. The molecule has 27 heavy (non-hydrogen) atoms. The number of methoxy groups -OCH3 is 1. The van der Waals surface area contributed by atoms with Gasteiger partial charge < -0.3 is 19.9 Å². The SMILES string of the molecule is CN=C(NCC(=O)N1CCc2ccccc21)N(C)Cc1ccc(OC)cc1. The molecule has 6 nitrogen and oxygen atoms in total. The van der Waals surface area contributed by atoms with Crippen molar-refractivity contribution in [3.63, 3.8) is 0 Å². The maximum atomic E-state index is 12.7. The Morgan fingerprint density at radius 3 is 2.67 bits per heavy atom. The standard InChI is InChI=1S/C21H26N4O2/c1-22-21(24(2)15-16-8-10-18(27-3)11-9-16)23-14-20(26)25-13-12-17-6-4-5-7-19(17)25/h4-11H,12-15H2,1-3H3,(H,22,23). The number of benzene rings is 2. The normalized spacial score (nSPS) is 13.3. The number of aliphatic imine (C=N–C) groups is 1. The Morgan fingerprint density at radius 1 is 1.22 bits per heavy atom. The summed E-state index contributed by atoms with van der Waals surface area (Å²) in [6, 6.07) is 16.0. The average molecular weight is 366 g/mol. The number of ether oxygens (including phenoxy) is 1. The van der Waals surface area contributed by atoms with Crippen LogP contribution in [0.2, 0.25) is 0 Å². The molecular formula is C21H26N4O2. The van der Waals surface area contributed by atoms with Gasteiger partial charge in [-0.2, -0.15) is 0 Å². The van der Waals surface area contributed by atoms with Crippen LogP contribution >= 0.6 is 0 Å². The third-order valence-corrected chi connectivity index (χ3v) is 4.74. The number of guanidine groups is 1. The maximum Gasteiger partial charge on any atom is 0.246 e. The van der Waals surface area contributed by atoms with Crippen LogP contribution in [0, 0.1) is 0 Å². The van der Waals surface area contributed by atoms with Crippen molar-refractivity contribution in [2.75, 3.05) is 39.2 Å². The van der Waals surface area contributed by atoms with Crippen LogP contribution < -0.4 is 15.0 Å². The molecule has 1 aliphatic heterocycles. The van der Waals surface area contributed by atoms with E-state index in [1.165, 1.54) is 5.56 Å². The van der Waals surface area contributed by atoms with Crippen molar-refractivity contribution in [1.29, 1.82) is 0 Å². The van der Waals surface area contributed by atoms with Crippen molar-refractivity contribution >= 4 is 17.6 Å². The van der Waals surface area contributed by atoms with Crippen LogP contribution in [0.15, 0.2) is 53.5 Å². The van der Waals surface area contributed by atoms with Crippen molar-refractivity contribution in [2.45, 2.75) is 13.0 Å². The Bertz CT molecular complexity index is 817. The molecule has 0 aromatic heterocycles. The highest BCUT2D eigenvalue weighted by Crippen LogP contribution is 2.27. The van der Waals surface area contributed by atoms with Gasteiger partial charge in [-0.25, -0.2) is 0 Å². The summed E-state index contributed by atoms with van der Waals surface area (Å²) in [7, 11) is 5.33. The summed E-state index contributed by atoms with van der Waals surface area (Å²) in [5.74, 6) is 1.57. The van der Waals surface area contributed by atoms with Crippen LogP contribution in [0.5, 0.6) is 5.75 Å². The number of hydrogen-bond acceptors (Lipinski definition) is 3. The van der Waals surface area contributed by atoms with E-state index in [0.29, 0.717) is 12.5 Å². The van der Waals surface area contributed by atoms with Gasteiger partial charge in [-0.1, -0.05) is 30.3 Å². The van der Waals surface area contributed by atoms with Crippen molar-refractivity contribution in [3.8, 4) is 5.75 Å². The summed E-state index contributed by atoms with van der Waals surface area (Å²) in [6.45, 7) is 1.64. The lowest BCUT2D eigenvalue weighted by molar-refractivity contribution is -0.117. The predicted molar refractivity (Wildman–Crippen MR) is 108 cm³/mol. The second-order valence-corrected chi connectivity index (χ2v) is 6.53. The molecule has 0 radical (unpaired) electrons. The predicted octanol–water partition coefficient (Wildman–Crippen LogP) is 2.29. The highest BCUT2D eigenvalue weighted by Gasteiger charge is 2.24. The first-order valence-electron chi connectivity index (χ1n) is 9.05. The molecule has 6 heteroatoms. The molecule has 1 N–H and O–H groups in total. The number of anilines is 1. The summed E-state index contributed by atoms with van der Waals surface area (Å²) >= 11 is 0. The summed E-state index contributed by atoms with van der Waals surface area (Å²) < 4.78 is 5.19. The van der Waals surface area contributed by atoms with Gasteiger partial charge in [0.25, 0.3) is 0 Å². The van der Waals surface area contributed by atoms with E-state index in [2.05, 4.69) is 16.4 Å². The molecule has 0 fully saturated rings. The van der Waals surface area contributed by atoms with E-state index < -0.39 is 0 Å². The topological polar surface area (TPSA) is 57.2 Å². The first-order valence-corrected chi connectivity index (χ1v) is 9.05. The van der Waals surface area contributed by atoms with Crippen LogP contribution in [-0.2, 0) is 17.8 Å². The molecule has 1 heterocycles. The third-order valence-electron chi connectivity index (χ3n) is 4.74. The fraction of sp³-hybridized carbons (Fsp3) is 0.333. The van der Waals surface area contributed by atoms with Gasteiger partial charge in [0, 0.05) is 32.9 Å². The summed E-state index contributed by atoms with van der Waals surface area (Å²) in [6.07, 6.45) is 0.911. The number of para-hydroxylation sites is 1. The van der Waals surface area contributed by atoms with E-state index in [9.17, 15) is 4.79 Å². The Hall–Kier alpha value is -3.02. The van der Waals surface area contributed by atoms with Crippen LogP contribution in [0.3, 0.4) is 0 Å². The molecule has 0 unspecified atom stereocenters. The monoisotopic (exact) mass is 366 g/mol. The number of carbonyl (C=O) groups excluding carboxylic acids is 1. The van der Waals surface area contributed by atoms with Gasteiger partial charge in [-0.05, 0) is 35.7 Å². The Morgan fingerprint density at radius 2 is 1.96 bits per heavy atom. The lowest BCUT2D eigenvalue weighted by Gasteiger charge is -2.23. The molecule has 142 valence electrons. The quantitative estimate of drug-likeness (QED) is 0.652. The number of rotatable bonds is 5. The van der Waals surface area contributed by atoms with E-state index in [1.54, 1.807) is 14.2 Å². The Kier molecular flexibility index (Phi) is 5.96. The van der Waals surface area contributed by atoms with E-state index in [-0.39, 0.29) is 12.5 Å². The highest BCUT2D eigenvalue weighted by molar-refractivity contribution is 5.98. The molecule has 1 aliphatic rings. The minimum atomic E-state index is 0.0546. The summed E-state index contributed by atoms with van der Waals surface area (Å²) in [4.78, 5) is 20.8. The number of carbonyl (C=O) groups is 1. The van der Waals surface area contributed by atoms with E-state index in [4.69, 9.17) is 4.74 Å². The van der Waals surface area contributed by atoms with E-state index >= 15 is 0 Å². The van der Waals surface area contributed by atoms with Crippen LogP contribution in [0.1, 0.15) is 11.1 Å². The summed E-state index contributed by atoms with van der Waals surface area (Å²) in [5, 5.41) is 3.18. The highest BCUT2D eigenvalue weighted by atomic mass is 16.5. The van der Waals surface area contributed by atoms with Crippen molar-refractivity contribution in [1.82, 2.24) is 10.2 Å². The molecule has 3 rings (SSSR count). The van der Waals surface area contributed by atoms with Gasteiger partial charge >= 0.3 is 0 Å². The lowest BCUT2D eigenvalue weighted by atomic mass is 10.2. The van der Waals surface area contributed by atoms with Gasteiger partial charge in [0.1, 0.15) is 5.75 Å². The first kappa shape index (κ1) is 18.8. The van der Waals surface area contributed by atoms with Crippen molar-refractivity contribution < 1.29 is 9.53 Å². The number of hydrogen-bond donors (Lipinski definition) is 1. The maximum absolute atomic E-state index is 12.7. The number of nitrogens with zero attached hydrogens (tertiary/aromatic N) is 3. The smallest absolute Gasteiger partial charge is 0.246 e. The lowest BCUT2D eigenvalue weighted by Crippen LogP contribution is -2.44. The largest absolute Gasteiger partial charge is 0.497 e. The van der Waals surface area contributed by atoms with E-state index in [0.717, 1.165) is 30.0 Å². The summed E-state index contributed by atoms with van der Waals surface area (Å²) in [5.41, 5.74) is 3.39. The Labute approximate surface area is 160 Å². The van der Waals surface area contributed by atoms with Crippen LogP contribution in [-0.4, -0.2) is 51.1 Å². The van der Waals surface area contributed by atoms with Crippen LogP contribution in [0.4, 0.5) is 5.69 Å². The molecule has 0 atom stereocenters. The molecular weight excluding hydrogens is 340 g/mol. The van der Waals surface area contributed by atoms with E-state index in [1.807, 2.05) is 59.3 Å². The fourth-order valence-electron chi connectivity index (χ4n) is 3.31. The Balaban J connectivity index is 1.56. The third kappa shape index (κ3) is 4.39. The average Bonchev–Trinajstić information content (AvgIpc) is 3.13. The van der Waals surface area contributed by atoms with Gasteiger partial charge in [0.2, 0.25) is 5.91 Å². The molecule has 1 amide bonds. The minimum Gasteiger partial charge on any atom is -0.497 e. The molecule has 0 aliphatic carbocycles. The molecule has 0 spiro atoms. The molecule has 2 aromatic rings. The van der Waals surface area contributed by atoms with Gasteiger partial charge in [0.15, 0.2) is 5.96 Å². The molecule has 0 saturated carbocycles. The zero-order valence-electron chi connectivity index (χ0n) is 16.1. The fourth-order valence-corrected chi connectivity index (χ4v) is 3.31. The number of amides is 1. The molecule has 0 saturated heterocycles. The first-order chi connectivity index (χ1) is 13.1. The van der Waals surface area contributed by atoms with Gasteiger partial charge in [-0.3, -0.25) is 9.79 Å². The second kappa shape index (κ2) is 8.58. The second-order valence-electron chi connectivity index (χ2n) is 6.53. The zero-order valence-corrected chi connectivity index (χ0v) is 16.1. The van der Waals surface area contributed by atoms with Crippen LogP contribution in [0.25, 0.3) is 0 Å². The van der Waals surface area contributed by atoms with Gasteiger partial charge in [-0.15, -0.1) is 0 Å². The zero-order chi connectivity index (χ0) is 19.2. The van der Waals surface area contributed by atoms with Gasteiger partial charge in [0.05, 0.1) is 13.7 Å². The number of fused-ring (bicyclic) bond motifs is 1. The molecule has 0 bridgehead atoms. The van der Waals surface area contributed by atoms with Crippen molar-refractivity contribution in [3.05, 3.63) is 59.7 Å².